The summed E-state index contributed by atoms with van der Waals surface area (Å²) < 4.78 is 5.85. The summed E-state index contributed by atoms with van der Waals surface area (Å²) in [6, 6.07) is 17.4. The van der Waals surface area contributed by atoms with Crippen LogP contribution in [0.4, 0.5) is 5.69 Å². The van der Waals surface area contributed by atoms with Crippen molar-refractivity contribution in [1.29, 1.82) is 0 Å². The maximum absolute atomic E-state index is 13.7. The number of nitrogens with zero attached hydrogens (tertiary/aromatic N) is 3. The average Bonchev–Trinajstić information content (AvgIpc) is 3.61. The zero-order chi connectivity index (χ0) is 25.4. The van der Waals surface area contributed by atoms with Crippen LogP contribution >= 0.6 is 11.3 Å². The van der Waals surface area contributed by atoms with Crippen molar-refractivity contribution in [2.45, 2.75) is 57.0 Å². The molecule has 4 aromatic rings. The lowest BCUT2D eigenvalue weighted by Crippen LogP contribution is -2.50. The van der Waals surface area contributed by atoms with Crippen molar-refractivity contribution >= 4 is 45.8 Å². The lowest BCUT2D eigenvalue weighted by atomic mass is 10.0. The van der Waals surface area contributed by atoms with Crippen molar-refractivity contribution in [3.63, 3.8) is 0 Å². The normalized spacial score (nSPS) is 18.9. The molecule has 3 heterocycles. The van der Waals surface area contributed by atoms with Crippen molar-refractivity contribution < 1.29 is 18.8 Å². The second-order valence-electron chi connectivity index (χ2n) is 9.66. The number of amides is 3. The largest absolute Gasteiger partial charge is 0.436 e. The molecule has 2 aromatic carbocycles. The van der Waals surface area contributed by atoms with Crippen LogP contribution < -0.4 is 4.90 Å². The molecule has 1 saturated heterocycles. The number of carbonyl (C=O) groups is 3. The molecule has 0 spiro atoms. The SMILES string of the molecule is O=C1CC(N(C(=O)c2cccs2)C2CCCCCC2)C(=O)N1c1ccc(-c2nc3ccccc3o2)cc1. The summed E-state index contributed by atoms with van der Waals surface area (Å²) in [4.78, 5) is 48.6. The van der Waals surface area contributed by atoms with Crippen LogP contribution in [0, 0.1) is 0 Å². The van der Waals surface area contributed by atoms with Crippen LogP contribution in [-0.2, 0) is 9.59 Å². The van der Waals surface area contributed by atoms with Crippen molar-refractivity contribution in [3.05, 3.63) is 70.9 Å². The van der Waals surface area contributed by atoms with E-state index in [4.69, 9.17) is 4.42 Å². The molecule has 6 rings (SSSR count). The van der Waals surface area contributed by atoms with E-state index in [1.165, 1.54) is 16.2 Å². The molecule has 0 N–H and O–H groups in total. The van der Waals surface area contributed by atoms with Crippen LogP contribution in [0.25, 0.3) is 22.6 Å². The number of hydrogen-bond acceptors (Lipinski definition) is 6. The fraction of sp³-hybridized carbons (Fsp3) is 0.310. The Labute approximate surface area is 218 Å². The van der Waals surface area contributed by atoms with E-state index >= 15 is 0 Å². The number of para-hydroxylation sites is 2. The van der Waals surface area contributed by atoms with E-state index < -0.39 is 6.04 Å². The molecule has 7 nitrogen and oxygen atoms in total. The molecule has 37 heavy (non-hydrogen) atoms. The minimum absolute atomic E-state index is 0.000666. The topological polar surface area (TPSA) is 83.7 Å². The summed E-state index contributed by atoms with van der Waals surface area (Å²) in [5.41, 5.74) is 2.71. The molecule has 188 valence electrons. The number of aromatic nitrogens is 1. The Morgan fingerprint density at radius 1 is 0.946 bits per heavy atom. The van der Waals surface area contributed by atoms with Crippen LogP contribution in [0.5, 0.6) is 0 Å². The second-order valence-corrected chi connectivity index (χ2v) is 10.6. The number of fused-ring (bicyclic) bond motifs is 1. The van der Waals surface area contributed by atoms with E-state index in [0.29, 0.717) is 22.0 Å². The highest BCUT2D eigenvalue weighted by Crippen LogP contribution is 2.33. The Hall–Kier alpha value is -3.78. The first-order valence-corrected chi connectivity index (χ1v) is 13.7. The second kappa shape index (κ2) is 9.94. The monoisotopic (exact) mass is 513 g/mol. The van der Waals surface area contributed by atoms with Crippen molar-refractivity contribution in [2.24, 2.45) is 0 Å². The molecule has 2 aromatic heterocycles. The predicted molar refractivity (Wildman–Crippen MR) is 142 cm³/mol. The Bertz CT molecular complexity index is 1400. The van der Waals surface area contributed by atoms with Gasteiger partial charge in [0.05, 0.1) is 17.0 Å². The van der Waals surface area contributed by atoms with Gasteiger partial charge >= 0.3 is 0 Å². The molecule has 8 heteroatoms. The van der Waals surface area contributed by atoms with Crippen LogP contribution in [-0.4, -0.2) is 39.7 Å². The van der Waals surface area contributed by atoms with Crippen molar-refractivity contribution in [3.8, 4) is 11.5 Å². The van der Waals surface area contributed by atoms with Gasteiger partial charge in [-0.2, -0.15) is 0 Å². The molecule has 1 saturated carbocycles. The zero-order valence-electron chi connectivity index (χ0n) is 20.3. The standard InChI is InChI=1S/C29H27N3O4S/c33-26-18-23(31(20-8-3-1-2-4-9-20)29(35)25-12-7-17-37-25)28(34)32(26)21-15-13-19(14-16-21)27-30-22-10-5-6-11-24(22)36-27/h5-7,10-17,20,23H,1-4,8-9,18H2. The highest BCUT2D eigenvalue weighted by molar-refractivity contribution is 7.12. The summed E-state index contributed by atoms with van der Waals surface area (Å²) in [6.07, 6.45) is 6.02. The number of imide groups is 1. The van der Waals surface area contributed by atoms with E-state index in [1.807, 2.05) is 35.7 Å². The number of benzene rings is 2. The van der Waals surface area contributed by atoms with E-state index in [9.17, 15) is 14.4 Å². The first-order valence-electron chi connectivity index (χ1n) is 12.8. The van der Waals surface area contributed by atoms with Gasteiger partial charge in [0.25, 0.3) is 11.8 Å². The van der Waals surface area contributed by atoms with E-state index in [0.717, 1.165) is 49.6 Å². The Balaban J connectivity index is 1.28. The van der Waals surface area contributed by atoms with Gasteiger partial charge < -0.3 is 9.32 Å². The van der Waals surface area contributed by atoms with Crippen molar-refractivity contribution in [1.82, 2.24) is 9.88 Å². The van der Waals surface area contributed by atoms with Gasteiger partial charge in [0.1, 0.15) is 11.6 Å². The molecule has 1 atom stereocenters. The van der Waals surface area contributed by atoms with Gasteiger partial charge in [-0.1, -0.05) is 43.9 Å². The maximum atomic E-state index is 13.7. The Morgan fingerprint density at radius 2 is 1.70 bits per heavy atom. The van der Waals surface area contributed by atoms with Gasteiger partial charge in [-0.3, -0.25) is 14.4 Å². The highest BCUT2D eigenvalue weighted by atomic mass is 32.1. The third kappa shape index (κ3) is 4.46. The van der Waals surface area contributed by atoms with Gasteiger partial charge in [-0.25, -0.2) is 9.88 Å². The van der Waals surface area contributed by atoms with Gasteiger partial charge in [0.2, 0.25) is 11.8 Å². The van der Waals surface area contributed by atoms with Crippen molar-refractivity contribution in [2.75, 3.05) is 4.90 Å². The van der Waals surface area contributed by atoms with E-state index in [2.05, 4.69) is 4.98 Å². The molecule has 1 unspecified atom stereocenters. The smallest absolute Gasteiger partial charge is 0.264 e. The van der Waals surface area contributed by atoms with Gasteiger partial charge in [-0.05, 0) is 60.7 Å². The molecule has 0 bridgehead atoms. The maximum Gasteiger partial charge on any atom is 0.264 e. The third-order valence-corrected chi connectivity index (χ3v) is 8.17. The minimum atomic E-state index is -0.790. The molecule has 3 amide bonds. The molecule has 1 aliphatic carbocycles. The first-order chi connectivity index (χ1) is 18.1. The van der Waals surface area contributed by atoms with Crippen LogP contribution in [0.15, 0.2) is 70.5 Å². The lowest BCUT2D eigenvalue weighted by Gasteiger charge is -2.34. The van der Waals surface area contributed by atoms with E-state index in [1.54, 1.807) is 35.2 Å². The van der Waals surface area contributed by atoms with Crippen LogP contribution in [0.2, 0.25) is 0 Å². The number of anilines is 1. The zero-order valence-corrected chi connectivity index (χ0v) is 21.2. The first kappa shape index (κ1) is 23.6. The summed E-state index contributed by atoms with van der Waals surface area (Å²) in [5.74, 6) is -0.303. The molecular formula is C29H27N3O4S. The Morgan fingerprint density at radius 3 is 2.41 bits per heavy atom. The minimum Gasteiger partial charge on any atom is -0.436 e. The predicted octanol–water partition coefficient (Wildman–Crippen LogP) is 6.05. The fourth-order valence-electron chi connectivity index (χ4n) is 5.48. The average molecular weight is 514 g/mol. The Kier molecular flexibility index (Phi) is 6.34. The summed E-state index contributed by atoms with van der Waals surface area (Å²) in [6.45, 7) is 0. The number of hydrogen-bond donors (Lipinski definition) is 0. The third-order valence-electron chi connectivity index (χ3n) is 7.31. The number of thiophene rings is 1. The highest BCUT2D eigenvalue weighted by Gasteiger charge is 2.46. The van der Waals surface area contributed by atoms with Crippen LogP contribution in [0.3, 0.4) is 0 Å². The fourth-order valence-corrected chi connectivity index (χ4v) is 6.15. The summed E-state index contributed by atoms with van der Waals surface area (Å²) in [7, 11) is 0. The quantitative estimate of drug-likeness (QED) is 0.239. The number of oxazole rings is 1. The lowest BCUT2D eigenvalue weighted by molar-refractivity contribution is -0.123. The summed E-state index contributed by atoms with van der Waals surface area (Å²) in [5, 5.41) is 1.87. The molecule has 0 radical (unpaired) electrons. The molecule has 2 fully saturated rings. The molecule has 2 aliphatic rings. The van der Waals surface area contributed by atoms with Crippen LogP contribution in [0.1, 0.15) is 54.6 Å². The van der Waals surface area contributed by atoms with Gasteiger partial charge in [-0.15, -0.1) is 11.3 Å². The van der Waals surface area contributed by atoms with Gasteiger partial charge in [0, 0.05) is 11.6 Å². The number of carbonyl (C=O) groups excluding carboxylic acids is 3. The molecular weight excluding hydrogens is 486 g/mol. The van der Waals surface area contributed by atoms with E-state index in [-0.39, 0.29) is 30.2 Å². The number of rotatable bonds is 5. The summed E-state index contributed by atoms with van der Waals surface area (Å²) >= 11 is 1.37. The van der Waals surface area contributed by atoms with Gasteiger partial charge in [0.15, 0.2) is 5.58 Å². The molecule has 1 aliphatic heterocycles.